The maximum Gasteiger partial charge on any atom is 0.272 e. The lowest BCUT2D eigenvalue weighted by Crippen LogP contribution is -2.30. The van der Waals surface area contributed by atoms with E-state index in [1.54, 1.807) is 60.7 Å². The Bertz CT molecular complexity index is 1380. The lowest BCUT2D eigenvalue weighted by Gasteiger charge is -2.12. The number of aryl methyl sites for hydroxylation is 1. The Labute approximate surface area is 215 Å². The number of carbonyl (C=O) groups is 3. The fourth-order valence-electron chi connectivity index (χ4n) is 3.04. The lowest BCUT2D eigenvalue weighted by molar-refractivity contribution is -0.114. The third-order valence-corrected chi connectivity index (χ3v) is 6.56. The van der Waals surface area contributed by atoms with Gasteiger partial charge >= 0.3 is 0 Å². The van der Waals surface area contributed by atoms with E-state index in [4.69, 9.17) is 4.42 Å². The van der Waals surface area contributed by atoms with Crippen molar-refractivity contribution < 1.29 is 18.8 Å². The zero-order valence-electron chi connectivity index (χ0n) is 19.2. The minimum Gasteiger partial charge on any atom is -0.465 e. The number of thiazole rings is 1. The van der Waals surface area contributed by atoms with E-state index in [1.807, 2.05) is 18.4 Å². The van der Waals surface area contributed by atoms with Crippen molar-refractivity contribution in [1.82, 2.24) is 10.3 Å². The molecule has 0 bridgehead atoms. The fraction of sp³-hybridized carbons (Fsp3) is 0.0769. The highest BCUT2D eigenvalue weighted by Crippen LogP contribution is 2.23. The van der Waals surface area contributed by atoms with Crippen LogP contribution in [0.3, 0.4) is 0 Å². The summed E-state index contributed by atoms with van der Waals surface area (Å²) in [5.74, 6) is -0.508. The van der Waals surface area contributed by atoms with Crippen LogP contribution in [0.5, 0.6) is 0 Å². The minimum absolute atomic E-state index is 0.0231. The zero-order chi connectivity index (χ0) is 25.3. The van der Waals surface area contributed by atoms with Crippen molar-refractivity contribution in [3.05, 3.63) is 101 Å². The fourth-order valence-corrected chi connectivity index (χ4v) is 4.50. The molecule has 2 heterocycles. The quantitative estimate of drug-likeness (QED) is 0.208. The Morgan fingerprint density at radius 3 is 2.58 bits per heavy atom. The topological polar surface area (TPSA) is 113 Å². The van der Waals surface area contributed by atoms with Crippen LogP contribution < -0.4 is 16.0 Å². The number of amides is 3. The highest BCUT2D eigenvalue weighted by atomic mass is 32.2. The molecule has 0 atom stereocenters. The first kappa shape index (κ1) is 25.0. The Balaban J connectivity index is 1.41. The van der Waals surface area contributed by atoms with Gasteiger partial charge in [0.15, 0.2) is 5.13 Å². The molecule has 10 heteroatoms. The molecule has 2 aromatic heterocycles. The molecule has 182 valence electrons. The van der Waals surface area contributed by atoms with E-state index in [-0.39, 0.29) is 17.4 Å². The summed E-state index contributed by atoms with van der Waals surface area (Å²) in [6.07, 6.45) is 2.94. The first-order valence-electron chi connectivity index (χ1n) is 10.8. The highest BCUT2D eigenvalue weighted by Gasteiger charge is 2.16. The van der Waals surface area contributed by atoms with Crippen LogP contribution in [-0.2, 0) is 9.59 Å². The van der Waals surface area contributed by atoms with Crippen LogP contribution in [0.25, 0.3) is 6.08 Å². The predicted octanol–water partition coefficient (Wildman–Crippen LogP) is 5.18. The van der Waals surface area contributed by atoms with Gasteiger partial charge in [-0.3, -0.25) is 14.4 Å². The number of anilines is 2. The number of nitrogens with one attached hydrogen (secondary N) is 3. The van der Waals surface area contributed by atoms with Crippen LogP contribution in [-0.4, -0.2) is 28.5 Å². The third kappa shape index (κ3) is 7.17. The molecule has 0 saturated carbocycles. The maximum atomic E-state index is 13.1. The van der Waals surface area contributed by atoms with Crippen molar-refractivity contribution in [2.75, 3.05) is 16.4 Å². The van der Waals surface area contributed by atoms with E-state index in [9.17, 15) is 14.4 Å². The smallest absolute Gasteiger partial charge is 0.272 e. The summed E-state index contributed by atoms with van der Waals surface area (Å²) in [7, 11) is 0. The van der Waals surface area contributed by atoms with Gasteiger partial charge in [0.1, 0.15) is 11.5 Å². The standard InChI is InChI=1S/C26H22N4O4S2/c1-17-15-36-26(27-17)30-23(31)16-35-21-11-5-9-19(13-21)28-25(33)22(14-20-10-6-12-34-20)29-24(32)18-7-3-2-4-8-18/h2-15H,16H2,1H3,(H,28,33)(H,29,32)(H,27,30,31)/b22-14-. The average molecular weight is 519 g/mol. The molecule has 3 amide bonds. The number of hydrogen-bond donors (Lipinski definition) is 3. The molecule has 0 aliphatic carbocycles. The lowest BCUT2D eigenvalue weighted by atomic mass is 10.2. The van der Waals surface area contributed by atoms with E-state index in [0.29, 0.717) is 22.1 Å². The van der Waals surface area contributed by atoms with Gasteiger partial charge in [0.25, 0.3) is 11.8 Å². The summed E-state index contributed by atoms with van der Waals surface area (Å²) >= 11 is 2.70. The molecular weight excluding hydrogens is 496 g/mol. The molecule has 8 nitrogen and oxygen atoms in total. The van der Waals surface area contributed by atoms with Gasteiger partial charge in [-0.2, -0.15) is 0 Å². The Morgan fingerprint density at radius 2 is 1.86 bits per heavy atom. The summed E-state index contributed by atoms with van der Waals surface area (Å²) in [6.45, 7) is 1.86. The van der Waals surface area contributed by atoms with E-state index >= 15 is 0 Å². The molecule has 0 unspecified atom stereocenters. The molecule has 0 fully saturated rings. The van der Waals surface area contributed by atoms with Gasteiger partial charge in [0, 0.05) is 27.6 Å². The van der Waals surface area contributed by atoms with E-state index in [2.05, 4.69) is 20.9 Å². The molecule has 0 radical (unpaired) electrons. The number of carbonyl (C=O) groups excluding carboxylic acids is 3. The summed E-state index contributed by atoms with van der Waals surface area (Å²) < 4.78 is 5.32. The SMILES string of the molecule is Cc1csc(NC(=O)CSc2cccc(NC(=O)/C(=C/c3ccco3)NC(=O)c3ccccc3)c2)n1. The Kier molecular flexibility index (Phi) is 8.32. The van der Waals surface area contributed by atoms with Gasteiger partial charge in [-0.25, -0.2) is 4.98 Å². The number of nitrogens with zero attached hydrogens (tertiary/aromatic N) is 1. The van der Waals surface area contributed by atoms with E-state index in [0.717, 1.165) is 10.6 Å². The molecule has 0 aliphatic heterocycles. The molecule has 36 heavy (non-hydrogen) atoms. The summed E-state index contributed by atoms with van der Waals surface area (Å²) in [4.78, 5) is 43.0. The number of thioether (sulfide) groups is 1. The van der Waals surface area contributed by atoms with Gasteiger partial charge < -0.3 is 20.4 Å². The number of benzene rings is 2. The monoisotopic (exact) mass is 518 g/mol. The second kappa shape index (κ2) is 12.0. The molecule has 0 saturated heterocycles. The van der Waals surface area contributed by atoms with Crippen LogP contribution in [0.2, 0.25) is 0 Å². The van der Waals surface area contributed by atoms with Crippen LogP contribution in [0.4, 0.5) is 10.8 Å². The van der Waals surface area contributed by atoms with Crippen molar-refractivity contribution in [2.45, 2.75) is 11.8 Å². The van der Waals surface area contributed by atoms with Crippen LogP contribution in [0, 0.1) is 6.92 Å². The van der Waals surface area contributed by atoms with E-state index in [1.165, 1.54) is 35.4 Å². The largest absolute Gasteiger partial charge is 0.465 e. The molecule has 4 aromatic rings. The minimum atomic E-state index is -0.519. The number of hydrogen-bond acceptors (Lipinski definition) is 7. The average Bonchev–Trinajstić information content (AvgIpc) is 3.54. The van der Waals surface area contributed by atoms with Gasteiger partial charge in [-0.15, -0.1) is 23.1 Å². The van der Waals surface area contributed by atoms with Crippen LogP contribution in [0.1, 0.15) is 21.8 Å². The summed E-state index contributed by atoms with van der Waals surface area (Å²) in [5, 5.41) is 10.7. The molecule has 2 aromatic carbocycles. The number of aromatic nitrogens is 1. The van der Waals surface area contributed by atoms with Crippen molar-refractivity contribution in [3.63, 3.8) is 0 Å². The first-order valence-corrected chi connectivity index (χ1v) is 12.7. The normalized spacial score (nSPS) is 11.1. The Morgan fingerprint density at radius 1 is 1.03 bits per heavy atom. The number of furan rings is 1. The van der Waals surface area contributed by atoms with Gasteiger partial charge in [0.2, 0.25) is 5.91 Å². The summed E-state index contributed by atoms with van der Waals surface area (Å²) in [5.41, 5.74) is 1.81. The molecular formula is C26H22N4O4S2. The van der Waals surface area contributed by atoms with Crippen molar-refractivity contribution >= 4 is 57.7 Å². The predicted molar refractivity (Wildman–Crippen MR) is 142 cm³/mol. The van der Waals surface area contributed by atoms with E-state index < -0.39 is 11.8 Å². The second-order valence-corrected chi connectivity index (χ2v) is 9.41. The molecule has 3 N–H and O–H groups in total. The van der Waals surface area contributed by atoms with Gasteiger partial charge in [-0.1, -0.05) is 24.3 Å². The number of rotatable bonds is 9. The molecule has 0 aliphatic rings. The van der Waals surface area contributed by atoms with Gasteiger partial charge in [0.05, 0.1) is 17.7 Å². The first-order chi connectivity index (χ1) is 17.5. The van der Waals surface area contributed by atoms with Gasteiger partial charge in [-0.05, 0) is 49.4 Å². The second-order valence-electron chi connectivity index (χ2n) is 7.51. The molecule has 4 rings (SSSR count). The molecule has 0 spiro atoms. The zero-order valence-corrected chi connectivity index (χ0v) is 20.8. The highest BCUT2D eigenvalue weighted by molar-refractivity contribution is 8.00. The van der Waals surface area contributed by atoms with Crippen LogP contribution >= 0.6 is 23.1 Å². The third-order valence-electron chi connectivity index (χ3n) is 4.69. The maximum absolute atomic E-state index is 13.1. The summed E-state index contributed by atoms with van der Waals surface area (Å²) in [6, 6.07) is 19.1. The van der Waals surface area contributed by atoms with Crippen molar-refractivity contribution in [1.29, 1.82) is 0 Å². The van der Waals surface area contributed by atoms with Crippen molar-refractivity contribution in [2.24, 2.45) is 0 Å². The Hall–Kier alpha value is -4.15. The van der Waals surface area contributed by atoms with Crippen molar-refractivity contribution in [3.8, 4) is 0 Å². The van der Waals surface area contributed by atoms with Crippen LogP contribution in [0.15, 0.2) is 93.4 Å².